The van der Waals surface area contributed by atoms with E-state index < -0.39 is 0 Å². The summed E-state index contributed by atoms with van der Waals surface area (Å²) in [5.41, 5.74) is 9.00. The maximum Gasteiger partial charge on any atom is 0.260 e. The fourth-order valence-corrected chi connectivity index (χ4v) is 2.03. The molecule has 0 fully saturated rings. The van der Waals surface area contributed by atoms with Crippen molar-refractivity contribution in [3.05, 3.63) is 59.2 Å². The Kier molecular flexibility index (Phi) is 3.72. The molecule has 0 aromatic heterocycles. The molecule has 0 spiro atoms. The number of nitriles is 1. The highest BCUT2D eigenvalue weighted by molar-refractivity contribution is 6.10. The van der Waals surface area contributed by atoms with Crippen molar-refractivity contribution in [2.45, 2.75) is 6.92 Å². The molecule has 2 rings (SSSR count). The topological polar surface area (TPSA) is 70.1 Å². The summed E-state index contributed by atoms with van der Waals surface area (Å²) in [5, 5.41) is 8.78. The van der Waals surface area contributed by atoms with Gasteiger partial charge in [0.15, 0.2) is 0 Å². The Labute approximate surface area is 118 Å². The predicted octanol–water partition coefficient (Wildman–Crippen LogP) is 2.73. The van der Waals surface area contributed by atoms with E-state index >= 15 is 0 Å². The van der Waals surface area contributed by atoms with Crippen LogP contribution in [0.4, 0.5) is 11.4 Å². The molecule has 1 amide bonds. The largest absolute Gasteiger partial charge is 0.398 e. The van der Waals surface area contributed by atoms with Crippen LogP contribution in [0.15, 0.2) is 42.5 Å². The quantitative estimate of drug-likeness (QED) is 0.849. The van der Waals surface area contributed by atoms with E-state index in [9.17, 15) is 4.79 Å². The Hall–Kier alpha value is -2.80. The van der Waals surface area contributed by atoms with Crippen LogP contribution in [0.5, 0.6) is 0 Å². The molecule has 0 saturated carbocycles. The summed E-state index contributed by atoms with van der Waals surface area (Å²) in [6, 6.07) is 14.3. The summed E-state index contributed by atoms with van der Waals surface area (Å²) in [6.45, 7) is 1.86. The molecule has 0 bridgehead atoms. The van der Waals surface area contributed by atoms with Gasteiger partial charge in [0.1, 0.15) is 0 Å². The van der Waals surface area contributed by atoms with Gasteiger partial charge in [-0.15, -0.1) is 0 Å². The molecule has 0 heterocycles. The van der Waals surface area contributed by atoms with Gasteiger partial charge < -0.3 is 10.6 Å². The molecular weight excluding hydrogens is 250 g/mol. The molecule has 0 unspecified atom stereocenters. The van der Waals surface area contributed by atoms with Gasteiger partial charge in [-0.1, -0.05) is 12.1 Å². The lowest BCUT2D eigenvalue weighted by Gasteiger charge is -2.19. The van der Waals surface area contributed by atoms with Crippen LogP contribution in [0, 0.1) is 18.3 Å². The lowest BCUT2D eigenvalue weighted by molar-refractivity contribution is 0.0993. The zero-order valence-electron chi connectivity index (χ0n) is 11.4. The van der Waals surface area contributed by atoms with Crippen LogP contribution in [0.1, 0.15) is 21.5 Å². The van der Waals surface area contributed by atoms with Crippen LogP contribution in [-0.2, 0) is 0 Å². The minimum absolute atomic E-state index is 0.162. The molecular formula is C16H15N3O. The number of rotatable bonds is 2. The van der Waals surface area contributed by atoms with Gasteiger partial charge in [-0.2, -0.15) is 5.26 Å². The number of nitrogen functional groups attached to an aromatic ring is 1. The molecule has 0 atom stereocenters. The number of carbonyl (C=O) groups excluding carboxylic acids is 1. The first kappa shape index (κ1) is 13.6. The lowest BCUT2D eigenvalue weighted by Crippen LogP contribution is -2.27. The van der Waals surface area contributed by atoms with Crippen LogP contribution in [0.3, 0.4) is 0 Å². The first-order chi connectivity index (χ1) is 9.54. The highest BCUT2D eigenvalue weighted by atomic mass is 16.2. The predicted molar refractivity (Wildman–Crippen MR) is 79.5 cm³/mol. The van der Waals surface area contributed by atoms with Gasteiger partial charge >= 0.3 is 0 Å². The van der Waals surface area contributed by atoms with E-state index in [1.807, 2.05) is 25.1 Å². The average Bonchev–Trinajstić information content (AvgIpc) is 2.46. The standard InChI is InChI=1S/C16H15N3O/c1-11-4-3-5-14(18)15(11)16(20)19(2)13-8-6-12(10-17)7-9-13/h3-9H,18H2,1-2H3. The van der Waals surface area contributed by atoms with E-state index in [1.165, 1.54) is 4.90 Å². The molecule has 2 aromatic carbocycles. The van der Waals surface area contributed by atoms with Crippen LogP contribution in [0.25, 0.3) is 0 Å². The number of anilines is 2. The Balaban J connectivity index is 2.35. The average molecular weight is 265 g/mol. The zero-order valence-corrected chi connectivity index (χ0v) is 11.4. The van der Waals surface area contributed by atoms with E-state index in [-0.39, 0.29) is 5.91 Å². The molecule has 100 valence electrons. The molecule has 0 aliphatic heterocycles. The van der Waals surface area contributed by atoms with Gasteiger partial charge in [-0.25, -0.2) is 0 Å². The summed E-state index contributed by atoms with van der Waals surface area (Å²) in [7, 11) is 1.69. The Morgan fingerprint density at radius 1 is 1.20 bits per heavy atom. The van der Waals surface area contributed by atoms with E-state index in [2.05, 4.69) is 0 Å². The second-order valence-electron chi connectivity index (χ2n) is 4.56. The van der Waals surface area contributed by atoms with Crippen LogP contribution in [0.2, 0.25) is 0 Å². The molecule has 4 nitrogen and oxygen atoms in total. The molecule has 0 radical (unpaired) electrons. The number of amides is 1. The number of hydrogen-bond acceptors (Lipinski definition) is 3. The summed E-state index contributed by atoms with van der Waals surface area (Å²) >= 11 is 0. The Morgan fingerprint density at radius 2 is 1.85 bits per heavy atom. The smallest absolute Gasteiger partial charge is 0.260 e. The summed E-state index contributed by atoms with van der Waals surface area (Å²) in [4.78, 5) is 14.0. The van der Waals surface area contributed by atoms with Crippen molar-refractivity contribution in [1.82, 2.24) is 0 Å². The number of nitrogens with two attached hydrogens (primary N) is 1. The van der Waals surface area contributed by atoms with Crippen molar-refractivity contribution in [2.24, 2.45) is 0 Å². The summed E-state index contributed by atoms with van der Waals surface area (Å²) in [5.74, 6) is -0.162. The zero-order chi connectivity index (χ0) is 14.7. The first-order valence-electron chi connectivity index (χ1n) is 6.18. The normalized spacial score (nSPS) is 9.85. The van der Waals surface area contributed by atoms with Gasteiger partial charge in [0.25, 0.3) is 5.91 Å². The van der Waals surface area contributed by atoms with E-state index in [4.69, 9.17) is 11.0 Å². The van der Waals surface area contributed by atoms with Crippen molar-refractivity contribution >= 4 is 17.3 Å². The van der Waals surface area contributed by atoms with Crippen molar-refractivity contribution in [1.29, 1.82) is 5.26 Å². The second-order valence-corrected chi connectivity index (χ2v) is 4.56. The third kappa shape index (κ3) is 2.47. The highest BCUT2D eigenvalue weighted by Gasteiger charge is 2.18. The Bertz CT molecular complexity index is 664. The van der Waals surface area contributed by atoms with Gasteiger partial charge in [-0.05, 0) is 42.8 Å². The maximum atomic E-state index is 12.5. The molecule has 0 aliphatic carbocycles. The summed E-state index contributed by atoms with van der Waals surface area (Å²) in [6.07, 6.45) is 0. The molecule has 2 aromatic rings. The molecule has 0 aliphatic rings. The van der Waals surface area contributed by atoms with Gasteiger partial charge in [0.2, 0.25) is 0 Å². The summed E-state index contributed by atoms with van der Waals surface area (Å²) < 4.78 is 0. The maximum absolute atomic E-state index is 12.5. The molecule has 4 heteroatoms. The minimum Gasteiger partial charge on any atom is -0.398 e. The molecule has 20 heavy (non-hydrogen) atoms. The van der Waals surface area contributed by atoms with Crippen molar-refractivity contribution < 1.29 is 4.79 Å². The van der Waals surface area contributed by atoms with Crippen LogP contribution in [-0.4, -0.2) is 13.0 Å². The monoisotopic (exact) mass is 265 g/mol. The third-order valence-electron chi connectivity index (χ3n) is 3.21. The second kappa shape index (κ2) is 5.45. The number of nitrogens with zero attached hydrogens (tertiary/aromatic N) is 2. The van der Waals surface area contributed by atoms with Gasteiger partial charge in [-0.3, -0.25) is 4.79 Å². The van der Waals surface area contributed by atoms with E-state index in [0.717, 1.165) is 11.3 Å². The minimum atomic E-state index is -0.162. The molecule has 0 saturated heterocycles. The fraction of sp³-hybridized carbons (Fsp3) is 0.125. The fourth-order valence-electron chi connectivity index (χ4n) is 2.03. The Morgan fingerprint density at radius 3 is 2.40 bits per heavy atom. The highest BCUT2D eigenvalue weighted by Crippen LogP contribution is 2.22. The van der Waals surface area contributed by atoms with Crippen LogP contribution < -0.4 is 10.6 Å². The van der Waals surface area contributed by atoms with Crippen molar-refractivity contribution in [2.75, 3.05) is 17.7 Å². The molecule has 2 N–H and O–H groups in total. The van der Waals surface area contributed by atoms with E-state index in [1.54, 1.807) is 37.4 Å². The first-order valence-corrected chi connectivity index (χ1v) is 6.18. The number of aryl methyl sites for hydroxylation is 1. The van der Waals surface area contributed by atoms with E-state index in [0.29, 0.717) is 16.8 Å². The number of hydrogen-bond donors (Lipinski definition) is 1. The van der Waals surface area contributed by atoms with Crippen molar-refractivity contribution in [3.63, 3.8) is 0 Å². The lowest BCUT2D eigenvalue weighted by atomic mass is 10.1. The number of benzene rings is 2. The number of carbonyl (C=O) groups is 1. The SMILES string of the molecule is Cc1cccc(N)c1C(=O)N(C)c1ccc(C#N)cc1. The van der Waals surface area contributed by atoms with Crippen molar-refractivity contribution in [3.8, 4) is 6.07 Å². The van der Waals surface area contributed by atoms with Gasteiger partial charge in [0.05, 0.1) is 17.2 Å². The third-order valence-corrected chi connectivity index (χ3v) is 3.21. The van der Waals surface area contributed by atoms with Crippen LogP contribution >= 0.6 is 0 Å². The van der Waals surface area contributed by atoms with Gasteiger partial charge in [0, 0.05) is 18.4 Å².